The van der Waals surface area contributed by atoms with Gasteiger partial charge in [0.1, 0.15) is 12.2 Å². The second kappa shape index (κ2) is 7.68. The van der Waals surface area contributed by atoms with Crippen LogP contribution in [0.3, 0.4) is 0 Å². The van der Waals surface area contributed by atoms with Gasteiger partial charge in [-0.25, -0.2) is 9.59 Å². The van der Waals surface area contributed by atoms with E-state index in [1.165, 1.54) is 12.2 Å². The molecule has 0 fully saturated rings. The molecule has 0 aliphatic carbocycles. The largest absolute Gasteiger partial charge is 0.456 e. The summed E-state index contributed by atoms with van der Waals surface area (Å²) in [6.07, 6.45) is 4.86. The average molecular weight is 226 g/mol. The summed E-state index contributed by atoms with van der Waals surface area (Å²) in [5, 5.41) is 0. The molecule has 0 spiro atoms. The molecule has 2 unspecified atom stereocenters. The molecule has 0 N–H and O–H groups in total. The van der Waals surface area contributed by atoms with E-state index < -0.39 is 24.1 Å². The van der Waals surface area contributed by atoms with Crippen molar-refractivity contribution in [3.63, 3.8) is 0 Å². The first kappa shape index (κ1) is 14.4. The molecule has 90 valence electrons. The molecule has 0 aliphatic heterocycles. The van der Waals surface area contributed by atoms with Crippen LogP contribution in [0.4, 0.5) is 0 Å². The molecule has 0 rings (SSSR count). The summed E-state index contributed by atoms with van der Waals surface area (Å²) in [6.45, 7) is 6.80. The molecule has 0 aromatic heterocycles. The van der Waals surface area contributed by atoms with Gasteiger partial charge in [0.15, 0.2) is 0 Å². The van der Waals surface area contributed by atoms with Crippen molar-refractivity contribution in [2.45, 2.75) is 39.9 Å². The topological polar surface area (TPSA) is 52.6 Å². The molecule has 2 atom stereocenters. The Morgan fingerprint density at radius 2 is 1.19 bits per heavy atom. The Labute approximate surface area is 95.9 Å². The highest BCUT2D eigenvalue weighted by Crippen LogP contribution is 2.04. The Balaban J connectivity index is 4.13. The van der Waals surface area contributed by atoms with E-state index in [0.29, 0.717) is 0 Å². The summed E-state index contributed by atoms with van der Waals surface area (Å²) in [5.74, 6) is -0.882. The molecule has 0 aliphatic rings. The summed E-state index contributed by atoms with van der Waals surface area (Å²) in [7, 11) is 0. The Morgan fingerprint density at radius 1 is 0.875 bits per heavy atom. The average Bonchev–Trinajstić information content (AvgIpc) is 2.17. The third kappa shape index (κ3) is 6.01. The van der Waals surface area contributed by atoms with Gasteiger partial charge in [-0.1, -0.05) is 12.2 Å². The number of allylic oxidation sites excluding steroid dienone is 2. The van der Waals surface area contributed by atoms with Crippen LogP contribution >= 0.6 is 0 Å². The normalized spacial score (nSPS) is 15.0. The molecule has 0 saturated heterocycles. The fraction of sp³-hybridized carbons (Fsp3) is 0.500. The summed E-state index contributed by atoms with van der Waals surface area (Å²) in [6, 6.07) is 0. The minimum Gasteiger partial charge on any atom is -0.456 e. The molecule has 0 radical (unpaired) electrons. The first-order valence-electron chi connectivity index (χ1n) is 5.17. The van der Waals surface area contributed by atoms with E-state index in [0.717, 1.165) is 0 Å². The van der Waals surface area contributed by atoms with Crippen molar-refractivity contribution in [1.82, 2.24) is 0 Å². The quantitative estimate of drug-likeness (QED) is 0.531. The van der Waals surface area contributed by atoms with Crippen LogP contribution in [0.1, 0.15) is 27.7 Å². The van der Waals surface area contributed by atoms with Crippen molar-refractivity contribution < 1.29 is 19.1 Å². The van der Waals surface area contributed by atoms with Crippen LogP contribution < -0.4 is 0 Å². The van der Waals surface area contributed by atoms with Crippen LogP contribution in [0.5, 0.6) is 0 Å². The Hall–Kier alpha value is -1.58. The molecule has 16 heavy (non-hydrogen) atoms. The van der Waals surface area contributed by atoms with Crippen LogP contribution in [-0.4, -0.2) is 24.1 Å². The molecule has 4 nitrogen and oxygen atoms in total. The van der Waals surface area contributed by atoms with E-state index in [1.807, 2.05) is 0 Å². The van der Waals surface area contributed by atoms with Crippen molar-refractivity contribution in [2.24, 2.45) is 0 Å². The van der Waals surface area contributed by atoms with E-state index in [-0.39, 0.29) is 0 Å². The third-order valence-electron chi connectivity index (χ3n) is 1.87. The summed E-state index contributed by atoms with van der Waals surface area (Å²) >= 11 is 0. The van der Waals surface area contributed by atoms with E-state index in [1.54, 1.807) is 39.8 Å². The van der Waals surface area contributed by atoms with Crippen LogP contribution in [0.2, 0.25) is 0 Å². The molecular formula is C12H18O4. The molecular weight excluding hydrogens is 208 g/mol. The van der Waals surface area contributed by atoms with Gasteiger partial charge >= 0.3 is 11.9 Å². The van der Waals surface area contributed by atoms with Crippen molar-refractivity contribution in [1.29, 1.82) is 0 Å². The Bertz CT molecular complexity index is 261. The smallest absolute Gasteiger partial charge is 0.330 e. The van der Waals surface area contributed by atoms with Crippen molar-refractivity contribution >= 4 is 11.9 Å². The Kier molecular flexibility index (Phi) is 6.92. The predicted octanol–water partition coefficient (Wildman–Crippen LogP) is 2.00. The maximum absolute atomic E-state index is 11.1. The van der Waals surface area contributed by atoms with Gasteiger partial charge in [-0.2, -0.15) is 0 Å². The van der Waals surface area contributed by atoms with Crippen molar-refractivity contribution in [3.8, 4) is 0 Å². The first-order chi connectivity index (χ1) is 7.51. The maximum atomic E-state index is 11.1. The fourth-order valence-electron chi connectivity index (χ4n) is 0.909. The van der Waals surface area contributed by atoms with Crippen molar-refractivity contribution in [3.05, 3.63) is 24.3 Å². The van der Waals surface area contributed by atoms with E-state index in [4.69, 9.17) is 9.47 Å². The molecule has 0 saturated carbocycles. The summed E-state index contributed by atoms with van der Waals surface area (Å²) < 4.78 is 10.0. The molecule has 4 heteroatoms. The zero-order valence-corrected chi connectivity index (χ0v) is 10.1. The van der Waals surface area contributed by atoms with Gasteiger partial charge in [-0.3, -0.25) is 0 Å². The SMILES string of the molecule is C/C=C/C(=O)OC(C)C(C)OC(=O)/C=C/C. The zero-order chi connectivity index (χ0) is 12.6. The van der Waals surface area contributed by atoms with Gasteiger partial charge in [0, 0.05) is 12.2 Å². The van der Waals surface area contributed by atoms with Crippen LogP contribution in [0.25, 0.3) is 0 Å². The molecule has 0 heterocycles. The minimum atomic E-state index is -0.474. The van der Waals surface area contributed by atoms with Gasteiger partial charge < -0.3 is 9.47 Å². The van der Waals surface area contributed by atoms with Gasteiger partial charge in [0.2, 0.25) is 0 Å². The number of ether oxygens (including phenoxy) is 2. The molecule has 0 aromatic carbocycles. The monoisotopic (exact) mass is 226 g/mol. The second-order valence-electron chi connectivity index (χ2n) is 3.28. The summed E-state index contributed by atoms with van der Waals surface area (Å²) in [5.41, 5.74) is 0. The molecule has 0 aromatic rings. The summed E-state index contributed by atoms with van der Waals surface area (Å²) in [4.78, 5) is 22.2. The first-order valence-corrected chi connectivity index (χ1v) is 5.17. The van der Waals surface area contributed by atoms with Crippen LogP contribution in [0, 0.1) is 0 Å². The van der Waals surface area contributed by atoms with Gasteiger partial charge in [0.05, 0.1) is 0 Å². The number of rotatable bonds is 5. The minimum absolute atomic E-state index is 0.441. The van der Waals surface area contributed by atoms with E-state index in [9.17, 15) is 9.59 Å². The van der Waals surface area contributed by atoms with Crippen molar-refractivity contribution in [2.75, 3.05) is 0 Å². The molecule has 0 amide bonds. The third-order valence-corrected chi connectivity index (χ3v) is 1.87. The number of esters is 2. The maximum Gasteiger partial charge on any atom is 0.330 e. The lowest BCUT2D eigenvalue weighted by Crippen LogP contribution is -2.29. The lowest BCUT2D eigenvalue weighted by molar-refractivity contribution is -0.158. The number of carbonyl (C=O) groups excluding carboxylic acids is 2. The van der Waals surface area contributed by atoms with Crippen LogP contribution in [0.15, 0.2) is 24.3 Å². The zero-order valence-electron chi connectivity index (χ0n) is 10.1. The molecule has 0 bridgehead atoms. The lowest BCUT2D eigenvalue weighted by atomic mass is 10.2. The van der Waals surface area contributed by atoms with E-state index in [2.05, 4.69) is 0 Å². The number of carbonyl (C=O) groups is 2. The van der Waals surface area contributed by atoms with Crippen LogP contribution in [-0.2, 0) is 19.1 Å². The second-order valence-corrected chi connectivity index (χ2v) is 3.28. The highest BCUT2D eigenvalue weighted by atomic mass is 16.6. The highest BCUT2D eigenvalue weighted by Gasteiger charge is 2.18. The fourth-order valence-corrected chi connectivity index (χ4v) is 0.909. The van der Waals surface area contributed by atoms with Gasteiger partial charge in [-0.15, -0.1) is 0 Å². The number of hydrogen-bond acceptors (Lipinski definition) is 4. The predicted molar refractivity (Wildman–Crippen MR) is 60.7 cm³/mol. The Morgan fingerprint density at radius 3 is 1.44 bits per heavy atom. The van der Waals surface area contributed by atoms with E-state index >= 15 is 0 Å². The lowest BCUT2D eigenvalue weighted by Gasteiger charge is -2.19. The van der Waals surface area contributed by atoms with Gasteiger partial charge in [0.25, 0.3) is 0 Å². The standard InChI is InChI=1S/C12H18O4/c1-5-7-11(13)15-9(3)10(4)16-12(14)8-6-2/h5-10H,1-4H3/b7-5+,8-6+. The highest BCUT2D eigenvalue weighted by molar-refractivity contribution is 5.82. The number of hydrogen-bond donors (Lipinski definition) is 0. The van der Waals surface area contributed by atoms with Gasteiger partial charge in [-0.05, 0) is 27.7 Å².